The summed E-state index contributed by atoms with van der Waals surface area (Å²) in [5.41, 5.74) is 3.60. The van der Waals surface area contributed by atoms with E-state index in [1.165, 1.54) is 11.1 Å². The second-order valence-electron chi connectivity index (χ2n) is 7.03. The van der Waals surface area contributed by atoms with Crippen LogP contribution in [0, 0.1) is 5.92 Å². The van der Waals surface area contributed by atoms with Gasteiger partial charge in [0, 0.05) is 36.4 Å². The van der Waals surface area contributed by atoms with Crippen LogP contribution in [0.2, 0.25) is 0 Å². The van der Waals surface area contributed by atoms with E-state index in [1.54, 1.807) is 27.5 Å². The number of fused-ring (bicyclic) bond motifs is 1. The van der Waals surface area contributed by atoms with Crippen molar-refractivity contribution in [1.82, 2.24) is 10.3 Å². The topological polar surface area (TPSA) is 61.8 Å². The smallest absolute Gasteiger partial charge is 0.217 e. The third kappa shape index (κ3) is 3.35. The van der Waals surface area contributed by atoms with Gasteiger partial charge < -0.3 is 24.3 Å². The Bertz CT molecular complexity index is 805. The minimum Gasteiger partial charge on any atom is -0.493 e. The second kappa shape index (κ2) is 7.74. The Morgan fingerprint density at radius 3 is 2.59 bits per heavy atom. The number of nitrogens with one attached hydrogen (secondary N) is 1. The first-order valence-electron chi connectivity index (χ1n) is 9.32. The van der Waals surface area contributed by atoms with Crippen LogP contribution in [0.1, 0.15) is 35.2 Å². The number of pyridine rings is 1. The lowest BCUT2D eigenvalue weighted by Crippen LogP contribution is -2.38. The minimum absolute atomic E-state index is 0.116. The number of hydrogen-bond donors (Lipinski definition) is 1. The zero-order chi connectivity index (χ0) is 18.8. The molecule has 0 radical (unpaired) electrons. The summed E-state index contributed by atoms with van der Waals surface area (Å²) in [5, 5.41) is 3.84. The normalized spacial score (nSPS) is 24.3. The number of aromatic nitrogens is 1. The largest absolute Gasteiger partial charge is 0.493 e. The summed E-state index contributed by atoms with van der Waals surface area (Å²) >= 11 is 0. The Morgan fingerprint density at radius 2 is 1.89 bits per heavy atom. The van der Waals surface area contributed by atoms with Crippen LogP contribution in [-0.2, 0) is 11.2 Å². The average molecular weight is 370 g/mol. The molecule has 0 spiro atoms. The molecule has 144 valence electrons. The van der Waals surface area contributed by atoms with Crippen LogP contribution in [0.25, 0.3) is 0 Å². The Balaban J connectivity index is 1.77. The maximum atomic E-state index is 5.68. The highest BCUT2D eigenvalue weighted by molar-refractivity contribution is 5.51. The molecule has 2 aromatic rings. The lowest BCUT2D eigenvalue weighted by Gasteiger charge is -2.37. The van der Waals surface area contributed by atoms with Gasteiger partial charge >= 0.3 is 0 Å². The standard InChI is InChI=1S/C21H26N2O4/c1-24-18-10-14-9-17(15-5-4-7-22-21(15)26-3)23-20(13-6-8-27-12-13)16(14)11-19(18)25-2/h4-5,7,10-11,13,17,20,23H,6,8-9,12H2,1-3H3/t13?,17-,20-/m1/s1. The molecule has 2 aliphatic heterocycles. The number of benzene rings is 1. The highest BCUT2D eigenvalue weighted by atomic mass is 16.5. The molecule has 3 heterocycles. The van der Waals surface area contributed by atoms with Crippen molar-refractivity contribution in [2.24, 2.45) is 5.92 Å². The Kier molecular flexibility index (Phi) is 5.18. The molecule has 6 heteroatoms. The monoisotopic (exact) mass is 370 g/mol. The summed E-state index contributed by atoms with van der Waals surface area (Å²) in [6.07, 6.45) is 3.64. The summed E-state index contributed by atoms with van der Waals surface area (Å²) in [6.45, 7) is 1.58. The summed E-state index contributed by atoms with van der Waals surface area (Å²) in [6, 6.07) is 8.55. The second-order valence-corrected chi connectivity index (χ2v) is 7.03. The van der Waals surface area contributed by atoms with Gasteiger partial charge in [-0.25, -0.2) is 4.98 Å². The van der Waals surface area contributed by atoms with Crippen molar-refractivity contribution >= 4 is 0 Å². The van der Waals surface area contributed by atoms with Crippen molar-refractivity contribution in [2.45, 2.75) is 24.9 Å². The molecule has 3 atom stereocenters. The number of ether oxygens (including phenoxy) is 4. The van der Waals surface area contributed by atoms with Gasteiger partial charge in [0.2, 0.25) is 5.88 Å². The van der Waals surface area contributed by atoms with Crippen molar-refractivity contribution in [3.8, 4) is 17.4 Å². The van der Waals surface area contributed by atoms with E-state index in [1.807, 2.05) is 6.07 Å². The molecule has 1 unspecified atom stereocenters. The molecule has 2 aliphatic rings. The predicted molar refractivity (Wildman–Crippen MR) is 102 cm³/mol. The van der Waals surface area contributed by atoms with Gasteiger partial charge in [-0.3, -0.25) is 0 Å². The first-order chi connectivity index (χ1) is 13.2. The summed E-state index contributed by atoms with van der Waals surface area (Å²) in [4.78, 5) is 4.38. The zero-order valence-electron chi connectivity index (χ0n) is 16.0. The third-order valence-electron chi connectivity index (χ3n) is 5.59. The molecule has 1 saturated heterocycles. The van der Waals surface area contributed by atoms with E-state index < -0.39 is 0 Å². The molecule has 1 N–H and O–H groups in total. The van der Waals surface area contributed by atoms with Crippen LogP contribution in [0.15, 0.2) is 30.5 Å². The SMILES string of the molecule is COc1cc2c(cc1OC)[C@@H](C1CCOC1)N[C@@H](c1cccnc1OC)C2. The van der Waals surface area contributed by atoms with Crippen LogP contribution in [-0.4, -0.2) is 39.5 Å². The molecular formula is C21H26N2O4. The van der Waals surface area contributed by atoms with Gasteiger partial charge in [-0.05, 0) is 42.2 Å². The molecule has 6 nitrogen and oxygen atoms in total. The molecule has 0 bridgehead atoms. The lowest BCUT2D eigenvalue weighted by atomic mass is 9.81. The van der Waals surface area contributed by atoms with Gasteiger partial charge in [-0.2, -0.15) is 0 Å². The Labute approximate surface area is 159 Å². The van der Waals surface area contributed by atoms with Crippen molar-refractivity contribution in [3.63, 3.8) is 0 Å². The maximum Gasteiger partial charge on any atom is 0.217 e. The van der Waals surface area contributed by atoms with E-state index in [0.717, 1.165) is 43.1 Å². The Morgan fingerprint density at radius 1 is 1.07 bits per heavy atom. The zero-order valence-corrected chi connectivity index (χ0v) is 16.0. The molecule has 0 aliphatic carbocycles. The molecule has 0 amide bonds. The molecule has 0 saturated carbocycles. The quantitative estimate of drug-likeness (QED) is 0.873. The number of rotatable bonds is 5. The highest BCUT2D eigenvalue weighted by Gasteiger charge is 2.36. The summed E-state index contributed by atoms with van der Waals surface area (Å²) < 4.78 is 22.3. The van der Waals surface area contributed by atoms with Gasteiger partial charge in [0.25, 0.3) is 0 Å². The van der Waals surface area contributed by atoms with E-state index in [4.69, 9.17) is 18.9 Å². The summed E-state index contributed by atoms with van der Waals surface area (Å²) in [7, 11) is 5.02. The van der Waals surface area contributed by atoms with E-state index >= 15 is 0 Å². The van der Waals surface area contributed by atoms with Crippen LogP contribution >= 0.6 is 0 Å². The molecule has 27 heavy (non-hydrogen) atoms. The van der Waals surface area contributed by atoms with Crippen LogP contribution < -0.4 is 19.5 Å². The van der Waals surface area contributed by atoms with Gasteiger partial charge in [0.15, 0.2) is 11.5 Å². The molecule has 4 rings (SSSR count). The first-order valence-corrected chi connectivity index (χ1v) is 9.32. The van der Waals surface area contributed by atoms with E-state index in [-0.39, 0.29) is 12.1 Å². The van der Waals surface area contributed by atoms with Crippen LogP contribution in [0.4, 0.5) is 0 Å². The molecule has 1 fully saturated rings. The molecule has 1 aromatic heterocycles. The van der Waals surface area contributed by atoms with Crippen LogP contribution in [0.5, 0.6) is 17.4 Å². The average Bonchev–Trinajstić information content (AvgIpc) is 3.26. The van der Waals surface area contributed by atoms with Crippen molar-refractivity contribution in [3.05, 3.63) is 47.2 Å². The van der Waals surface area contributed by atoms with Gasteiger partial charge in [-0.1, -0.05) is 6.07 Å². The summed E-state index contributed by atoms with van der Waals surface area (Å²) in [5.74, 6) is 2.61. The number of methoxy groups -OCH3 is 3. The van der Waals surface area contributed by atoms with E-state index in [2.05, 4.69) is 28.5 Å². The molecular weight excluding hydrogens is 344 g/mol. The van der Waals surface area contributed by atoms with Crippen molar-refractivity contribution in [1.29, 1.82) is 0 Å². The van der Waals surface area contributed by atoms with E-state index in [9.17, 15) is 0 Å². The fourth-order valence-electron chi connectivity index (χ4n) is 4.23. The fraction of sp³-hybridized carbons (Fsp3) is 0.476. The third-order valence-corrected chi connectivity index (χ3v) is 5.59. The number of nitrogens with zero attached hydrogens (tertiary/aromatic N) is 1. The minimum atomic E-state index is 0.116. The fourth-order valence-corrected chi connectivity index (χ4v) is 4.23. The Hall–Kier alpha value is -2.31. The molecule has 1 aromatic carbocycles. The lowest BCUT2D eigenvalue weighted by molar-refractivity contribution is 0.172. The predicted octanol–water partition coefficient (Wildman–Crippen LogP) is 3.07. The number of hydrogen-bond acceptors (Lipinski definition) is 6. The van der Waals surface area contributed by atoms with Crippen LogP contribution in [0.3, 0.4) is 0 Å². The van der Waals surface area contributed by atoms with Gasteiger partial charge in [0.05, 0.1) is 27.9 Å². The van der Waals surface area contributed by atoms with E-state index in [0.29, 0.717) is 11.8 Å². The van der Waals surface area contributed by atoms with Gasteiger partial charge in [0.1, 0.15) is 0 Å². The van der Waals surface area contributed by atoms with Crippen molar-refractivity contribution in [2.75, 3.05) is 34.5 Å². The maximum absolute atomic E-state index is 5.68. The van der Waals surface area contributed by atoms with Crippen molar-refractivity contribution < 1.29 is 18.9 Å². The highest BCUT2D eigenvalue weighted by Crippen LogP contribution is 2.43. The first kappa shape index (κ1) is 18.1. The van der Waals surface area contributed by atoms with Gasteiger partial charge in [-0.15, -0.1) is 0 Å².